The van der Waals surface area contributed by atoms with Crippen molar-refractivity contribution in [1.29, 1.82) is 0 Å². The van der Waals surface area contributed by atoms with Gasteiger partial charge in [-0.25, -0.2) is 4.79 Å². The monoisotopic (exact) mass is 355 g/mol. The fourth-order valence-corrected chi connectivity index (χ4v) is 2.78. The highest BCUT2D eigenvalue weighted by Crippen LogP contribution is 2.30. The highest BCUT2D eigenvalue weighted by atomic mass is 16.5. The number of esters is 1. The minimum absolute atomic E-state index is 0.0583. The zero-order valence-corrected chi connectivity index (χ0v) is 14.1. The van der Waals surface area contributed by atoms with E-state index in [0.717, 1.165) is 0 Å². The molecule has 3 N–H and O–H groups in total. The van der Waals surface area contributed by atoms with Gasteiger partial charge < -0.3 is 24.8 Å². The molecule has 1 amide bonds. The number of fused-ring (bicyclic) bond motifs is 1. The average molecular weight is 355 g/mol. The van der Waals surface area contributed by atoms with Gasteiger partial charge in [-0.2, -0.15) is 0 Å². The molecule has 3 rings (SSSR count). The van der Waals surface area contributed by atoms with E-state index >= 15 is 0 Å². The van der Waals surface area contributed by atoms with Crippen molar-refractivity contribution in [2.24, 2.45) is 0 Å². The van der Waals surface area contributed by atoms with Crippen LogP contribution in [0, 0.1) is 0 Å². The van der Waals surface area contributed by atoms with Crippen molar-refractivity contribution in [2.45, 2.75) is 19.3 Å². The van der Waals surface area contributed by atoms with Gasteiger partial charge in [0.05, 0.1) is 12.5 Å². The van der Waals surface area contributed by atoms with Crippen molar-refractivity contribution in [3.8, 4) is 11.5 Å². The van der Waals surface area contributed by atoms with E-state index in [0.29, 0.717) is 17.5 Å². The van der Waals surface area contributed by atoms with Gasteiger partial charge in [0, 0.05) is 5.56 Å². The maximum atomic E-state index is 12.3. The number of rotatable bonds is 4. The Hall–Kier alpha value is -3.00. The van der Waals surface area contributed by atoms with Crippen molar-refractivity contribution in [1.82, 2.24) is 5.32 Å². The van der Waals surface area contributed by atoms with Gasteiger partial charge >= 0.3 is 13.1 Å². The molecule has 0 saturated carbocycles. The third kappa shape index (κ3) is 3.65. The standard InChI is InChI=1S/C18H18BNO6/c1-2-25-18(23)14-5-3-4-12-10-15(19(24)26-16(12)14)20-17(22)11-6-8-13(21)9-7-11/h3-9,15,21,24H,2,10H2,1H3,(H,20,22)/t15-/m0/s1. The van der Waals surface area contributed by atoms with E-state index in [1.807, 2.05) is 0 Å². The van der Waals surface area contributed by atoms with Gasteiger partial charge in [0.1, 0.15) is 17.1 Å². The second-order valence-corrected chi connectivity index (χ2v) is 5.85. The van der Waals surface area contributed by atoms with Crippen molar-refractivity contribution < 1.29 is 29.1 Å². The van der Waals surface area contributed by atoms with Crippen LogP contribution in [-0.2, 0) is 11.2 Å². The average Bonchev–Trinajstić information content (AvgIpc) is 2.62. The zero-order chi connectivity index (χ0) is 18.7. The lowest BCUT2D eigenvalue weighted by atomic mass is 9.72. The van der Waals surface area contributed by atoms with Crippen LogP contribution in [-0.4, -0.2) is 41.7 Å². The summed E-state index contributed by atoms with van der Waals surface area (Å²) in [6, 6.07) is 10.8. The highest BCUT2D eigenvalue weighted by molar-refractivity contribution is 6.47. The van der Waals surface area contributed by atoms with Crippen LogP contribution >= 0.6 is 0 Å². The molecule has 0 saturated heterocycles. The summed E-state index contributed by atoms with van der Waals surface area (Å²) in [4.78, 5) is 24.3. The lowest BCUT2D eigenvalue weighted by Crippen LogP contribution is -2.53. The fraction of sp³-hybridized carbons (Fsp3) is 0.222. The number of hydrogen-bond acceptors (Lipinski definition) is 6. The molecule has 134 valence electrons. The van der Waals surface area contributed by atoms with Crippen molar-refractivity contribution in [2.75, 3.05) is 6.61 Å². The third-order valence-electron chi connectivity index (χ3n) is 4.06. The Balaban J connectivity index is 1.77. The van der Waals surface area contributed by atoms with Gasteiger partial charge in [-0.1, -0.05) is 12.1 Å². The second kappa shape index (κ2) is 7.49. The molecular weight excluding hydrogens is 337 g/mol. The number of phenols is 1. The molecule has 7 nitrogen and oxygen atoms in total. The van der Waals surface area contributed by atoms with E-state index in [2.05, 4.69) is 5.32 Å². The maximum Gasteiger partial charge on any atom is 0.547 e. The number of nitrogens with one attached hydrogen (secondary N) is 1. The predicted molar refractivity (Wildman–Crippen MR) is 94.1 cm³/mol. The Morgan fingerprint density at radius 3 is 2.69 bits per heavy atom. The Morgan fingerprint density at radius 1 is 1.27 bits per heavy atom. The van der Waals surface area contributed by atoms with Crippen LogP contribution in [0.1, 0.15) is 33.2 Å². The molecule has 2 aromatic rings. The Bertz CT molecular complexity index is 823. The molecule has 8 heteroatoms. The summed E-state index contributed by atoms with van der Waals surface area (Å²) in [5, 5.41) is 22.3. The Kier molecular flexibility index (Phi) is 5.13. The summed E-state index contributed by atoms with van der Waals surface area (Å²) in [5.41, 5.74) is 1.28. The number of aromatic hydroxyl groups is 1. The second-order valence-electron chi connectivity index (χ2n) is 5.85. The molecule has 0 aliphatic carbocycles. The Labute approximate surface area is 150 Å². The molecule has 1 atom stereocenters. The van der Waals surface area contributed by atoms with Crippen LogP contribution in [0.25, 0.3) is 0 Å². The summed E-state index contributed by atoms with van der Waals surface area (Å²) in [7, 11) is -1.31. The van der Waals surface area contributed by atoms with E-state index in [-0.39, 0.29) is 23.7 Å². The predicted octanol–water partition coefficient (Wildman–Crippen LogP) is 1.32. The van der Waals surface area contributed by atoms with Gasteiger partial charge in [0.25, 0.3) is 5.91 Å². The highest BCUT2D eigenvalue weighted by Gasteiger charge is 2.38. The number of para-hydroxylation sites is 1. The molecule has 26 heavy (non-hydrogen) atoms. The summed E-state index contributed by atoms with van der Waals surface area (Å²) in [6.07, 6.45) is 0.299. The van der Waals surface area contributed by atoms with Gasteiger partial charge in [0.2, 0.25) is 0 Å². The number of carbonyl (C=O) groups is 2. The molecule has 0 fully saturated rings. The number of hydrogen-bond donors (Lipinski definition) is 3. The normalized spacial score (nSPS) is 15.6. The van der Waals surface area contributed by atoms with E-state index in [4.69, 9.17) is 9.39 Å². The first-order valence-corrected chi connectivity index (χ1v) is 8.23. The van der Waals surface area contributed by atoms with Crippen LogP contribution < -0.4 is 9.97 Å². The molecule has 0 radical (unpaired) electrons. The minimum atomic E-state index is -1.31. The van der Waals surface area contributed by atoms with Gasteiger partial charge in [-0.15, -0.1) is 0 Å². The number of ether oxygens (including phenoxy) is 1. The first-order valence-electron chi connectivity index (χ1n) is 8.23. The smallest absolute Gasteiger partial charge is 0.534 e. The van der Waals surface area contributed by atoms with E-state index in [1.165, 1.54) is 24.3 Å². The van der Waals surface area contributed by atoms with Crippen LogP contribution in [0.15, 0.2) is 42.5 Å². The number of benzene rings is 2. The molecule has 1 heterocycles. The summed E-state index contributed by atoms with van der Waals surface area (Å²) < 4.78 is 10.5. The van der Waals surface area contributed by atoms with Gasteiger partial charge in [0.15, 0.2) is 0 Å². The van der Waals surface area contributed by atoms with E-state index in [1.54, 1.807) is 25.1 Å². The zero-order valence-electron chi connectivity index (χ0n) is 14.1. The summed E-state index contributed by atoms with van der Waals surface area (Å²) in [6.45, 7) is 1.94. The van der Waals surface area contributed by atoms with Crippen LogP contribution in [0.2, 0.25) is 0 Å². The summed E-state index contributed by atoms with van der Waals surface area (Å²) in [5.74, 6) is -1.27. The molecule has 0 unspecified atom stereocenters. The SMILES string of the molecule is CCOC(=O)c1cccc2c1OB(O)[C@@H](NC(=O)c1ccc(O)cc1)C2. The van der Waals surface area contributed by atoms with E-state index in [9.17, 15) is 19.7 Å². The lowest BCUT2D eigenvalue weighted by Gasteiger charge is -2.29. The van der Waals surface area contributed by atoms with Crippen molar-refractivity contribution >= 4 is 19.0 Å². The molecule has 1 aliphatic rings. The largest absolute Gasteiger partial charge is 0.547 e. The molecule has 2 aromatic carbocycles. The van der Waals surface area contributed by atoms with Crippen LogP contribution in [0.4, 0.5) is 0 Å². The van der Waals surface area contributed by atoms with Crippen molar-refractivity contribution in [3.05, 3.63) is 59.2 Å². The maximum absolute atomic E-state index is 12.3. The molecule has 1 aliphatic heterocycles. The number of phenolic OH excluding ortho intramolecular Hbond substituents is 1. The Morgan fingerprint density at radius 2 is 2.00 bits per heavy atom. The third-order valence-corrected chi connectivity index (χ3v) is 4.06. The summed E-state index contributed by atoms with van der Waals surface area (Å²) >= 11 is 0. The number of amides is 1. The lowest BCUT2D eigenvalue weighted by molar-refractivity contribution is 0.0523. The minimum Gasteiger partial charge on any atom is -0.534 e. The first kappa shape index (κ1) is 17.8. The van der Waals surface area contributed by atoms with Gasteiger partial charge in [-0.3, -0.25) is 4.79 Å². The van der Waals surface area contributed by atoms with E-state index < -0.39 is 24.9 Å². The van der Waals surface area contributed by atoms with Crippen molar-refractivity contribution in [3.63, 3.8) is 0 Å². The number of carbonyl (C=O) groups excluding carboxylic acids is 2. The molecule has 0 spiro atoms. The molecule has 0 aromatic heterocycles. The fourth-order valence-electron chi connectivity index (χ4n) is 2.78. The topological polar surface area (TPSA) is 105 Å². The first-order chi connectivity index (χ1) is 12.5. The van der Waals surface area contributed by atoms with Crippen LogP contribution in [0.3, 0.4) is 0 Å². The molecular formula is C18H18BNO6. The quantitative estimate of drug-likeness (QED) is 0.564. The van der Waals surface area contributed by atoms with Gasteiger partial charge in [-0.05, 0) is 49.2 Å². The molecule has 0 bridgehead atoms. The van der Waals surface area contributed by atoms with Crippen LogP contribution in [0.5, 0.6) is 11.5 Å².